The van der Waals surface area contributed by atoms with Crippen LogP contribution >= 0.6 is 0 Å². The molecule has 3 nitrogen and oxygen atoms in total. The van der Waals surface area contributed by atoms with Crippen LogP contribution in [0.5, 0.6) is 0 Å². The summed E-state index contributed by atoms with van der Waals surface area (Å²) in [6.07, 6.45) is 1.36. The highest BCUT2D eigenvalue weighted by Crippen LogP contribution is 1.89. The van der Waals surface area contributed by atoms with Crippen molar-refractivity contribution in [3.63, 3.8) is 0 Å². The quantitative estimate of drug-likeness (QED) is 0.610. The van der Waals surface area contributed by atoms with Crippen LogP contribution in [0.15, 0.2) is 0 Å². The summed E-state index contributed by atoms with van der Waals surface area (Å²) >= 11 is 0. The average Bonchev–Trinajstić information content (AvgIpc) is 1.86. The van der Waals surface area contributed by atoms with Gasteiger partial charge in [0.05, 0.1) is 6.10 Å². The van der Waals surface area contributed by atoms with Crippen LogP contribution in [0.3, 0.4) is 0 Å². The highest BCUT2D eigenvalue weighted by Gasteiger charge is 2.04. The van der Waals surface area contributed by atoms with E-state index in [0.29, 0.717) is 13.1 Å². The van der Waals surface area contributed by atoms with Gasteiger partial charge in [0, 0.05) is 35.4 Å². The molecule has 4 heteroatoms. The Hall–Kier alpha value is 0.0700. The Balaban J connectivity index is 3.31. The van der Waals surface area contributed by atoms with E-state index in [0.717, 1.165) is 0 Å². The normalized spacial score (nSPS) is 19.3. The van der Waals surface area contributed by atoms with Gasteiger partial charge >= 0.3 is 0 Å². The van der Waals surface area contributed by atoms with Crippen molar-refractivity contribution in [3.05, 3.63) is 0 Å². The molecular weight excluding hydrogens is 162 g/mol. The van der Waals surface area contributed by atoms with Gasteiger partial charge in [-0.3, -0.25) is 4.21 Å². The summed E-state index contributed by atoms with van der Waals surface area (Å²) in [6, 6.07) is 0. The molecule has 0 aromatic heterocycles. The molecule has 0 saturated heterocycles. The first kappa shape index (κ1) is 11.1. The molecule has 0 amide bonds. The average molecular weight is 179 g/mol. The van der Waals surface area contributed by atoms with E-state index >= 15 is 0 Å². The second-order valence-electron chi connectivity index (χ2n) is 2.82. The zero-order valence-corrected chi connectivity index (χ0v) is 8.15. The van der Waals surface area contributed by atoms with E-state index in [9.17, 15) is 4.21 Å². The zero-order valence-electron chi connectivity index (χ0n) is 7.33. The van der Waals surface area contributed by atoms with Crippen LogP contribution in [0.25, 0.3) is 0 Å². The lowest BCUT2D eigenvalue weighted by Crippen LogP contribution is -2.32. The molecule has 68 valence electrons. The van der Waals surface area contributed by atoms with Gasteiger partial charge in [0.2, 0.25) is 0 Å². The van der Waals surface area contributed by atoms with E-state index in [1.165, 1.54) is 0 Å². The summed E-state index contributed by atoms with van der Waals surface area (Å²) in [6.45, 7) is 4.92. The molecule has 0 bridgehead atoms. The van der Waals surface area contributed by atoms with Crippen molar-refractivity contribution in [1.29, 1.82) is 0 Å². The minimum atomic E-state index is -0.769. The van der Waals surface area contributed by atoms with E-state index in [-0.39, 0.29) is 11.4 Å². The van der Waals surface area contributed by atoms with Gasteiger partial charge in [-0.15, -0.1) is 0 Å². The third-order valence-corrected chi connectivity index (χ3v) is 2.74. The summed E-state index contributed by atoms with van der Waals surface area (Å²) in [5, 5.41) is 12.0. The van der Waals surface area contributed by atoms with E-state index in [1.54, 1.807) is 13.2 Å². The molecule has 11 heavy (non-hydrogen) atoms. The van der Waals surface area contributed by atoms with Gasteiger partial charge in [0.1, 0.15) is 0 Å². The lowest BCUT2D eigenvalue weighted by molar-refractivity contribution is 0.191. The molecular formula is C7H17NO2S. The maximum Gasteiger partial charge on any atom is 0.0636 e. The van der Waals surface area contributed by atoms with Crippen LogP contribution in [0.4, 0.5) is 0 Å². The number of aliphatic hydroxyl groups is 1. The maximum atomic E-state index is 10.8. The molecule has 0 aliphatic rings. The van der Waals surface area contributed by atoms with Crippen molar-refractivity contribution in [2.24, 2.45) is 0 Å². The Morgan fingerprint density at radius 3 is 2.36 bits per heavy atom. The second kappa shape index (κ2) is 5.69. The molecule has 0 aliphatic heterocycles. The number of nitrogens with one attached hydrogen (secondary N) is 1. The Morgan fingerprint density at radius 1 is 1.45 bits per heavy atom. The van der Waals surface area contributed by atoms with E-state index in [4.69, 9.17) is 5.11 Å². The molecule has 0 aromatic rings. The predicted molar refractivity (Wildman–Crippen MR) is 48.1 cm³/mol. The standard InChI is InChI=1S/C7H17NO2S/c1-6(9)4-8-5-7(2)11(3)10/h6-9H,4-5H2,1-3H3/t6-,7?,11?/m0/s1. The molecule has 2 N–H and O–H groups in total. The molecule has 0 rings (SSSR count). The Bertz CT molecular complexity index is 128. The van der Waals surface area contributed by atoms with Crippen molar-refractivity contribution < 1.29 is 9.32 Å². The van der Waals surface area contributed by atoms with E-state index < -0.39 is 10.8 Å². The molecule has 0 heterocycles. The van der Waals surface area contributed by atoms with Crippen LogP contribution in [0, 0.1) is 0 Å². The third-order valence-electron chi connectivity index (χ3n) is 1.44. The first-order chi connectivity index (χ1) is 5.04. The monoisotopic (exact) mass is 179 g/mol. The van der Waals surface area contributed by atoms with Crippen molar-refractivity contribution >= 4 is 10.8 Å². The van der Waals surface area contributed by atoms with Gasteiger partial charge in [-0.05, 0) is 13.8 Å². The van der Waals surface area contributed by atoms with Gasteiger partial charge in [0.15, 0.2) is 0 Å². The minimum absolute atomic E-state index is 0.161. The smallest absolute Gasteiger partial charge is 0.0636 e. The SMILES string of the molecule is CC(CNC[C@H](C)O)S(C)=O. The Kier molecular flexibility index (Phi) is 5.72. The Morgan fingerprint density at radius 2 is 2.00 bits per heavy atom. The van der Waals surface area contributed by atoms with Crippen molar-refractivity contribution in [1.82, 2.24) is 5.32 Å². The topological polar surface area (TPSA) is 49.3 Å². The number of hydrogen-bond donors (Lipinski definition) is 2. The first-order valence-corrected chi connectivity index (χ1v) is 5.37. The summed E-state index contributed by atoms with van der Waals surface area (Å²) in [5.74, 6) is 0. The Labute approximate surface area is 70.6 Å². The molecule has 2 unspecified atom stereocenters. The number of rotatable bonds is 5. The molecule has 0 radical (unpaired) electrons. The van der Waals surface area contributed by atoms with Gasteiger partial charge < -0.3 is 10.4 Å². The largest absolute Gasteiger partial charge is 0.392 e. The molecule has 0 fully saturated rings. The van der Waals surface area contributed by atoms with E-state index in [2.05, 4.69) is 5.32 Å². The number of hydrogen-bond acceptors (Lipinski definition) is 3. The van der Waals surface area contributed by atoms with Crippen molar-refractivity contribution in [3.8, 4) is 0 Å². The van der Waals surface area contributed by atoms with Crippen LogP contribution in [0.2, 0.25) is 0 Å². The molecule has 0 saturated carbocycles. The lowest BCUT2D eigenvalue weighted by atomic mass is 10.4. The van der Waals surface area contributed by atoms with Crippen molar-refractivity contribution in [2.45, 2.75) is 25.2 Å². The van der Waals surface area contributed by atoms with Crippen LogP contribution in [-0.4, -0.2) is 40.0 Å². The summed E-state index contributed by atoms with van der Waals surface area (Å²) in [4.78, 5) is 0. The summed E-state index contributed by atoms with van der Waals surface area (Å²) < 4.78 is 10.8. The van der Waals surface area contributed by atoms with Crippen LogP contribution < -0.4 is 5.32 Å². The van der Waals surface area contributed by atoms with E-state index in [1.807, 2.05) is 6.92 Å². The first-order valence-electron chi connectivity index (χ1n) is 3.75. The highest BCUT2D eigenvalue weighted by atomic mass is 32.2. The molecule has 3 atom stereocenters. The third kappa shape index (κ3) is 6.47. The minimum Gasteiger partial charge on any atom is -0.392 e. The molecule has 0 spiro atoms. The highest BCUT2D eigenvalue weighted by molar-refractivity contribution is 7.84. The van der Waals surface area contributed by atoms with Gasteiger partial charge in [-0.2, -0.15) is 0 Å². The van der Waals surface area contributed by atoms with Gasteiger partial charge in [0.25, 0.3) is 0 Å². The fourth-order valence-corrected chi connectivity index (χ4v) is 0.965. The summed E-state index contributed by atoms with van der Waals surface area (Å²) in [7, 11) is -0.769. The maximum absolute atomic E-state index is 10.8. The summed E-state index contributed by atoms with van der Waals surface area (Å²) in [5.41, 5.74) is 0. The fourth-order valence-electron chi connectivity index (χ4n) is 0.613. The second-order valence-corrected chi connectivity index (χ2v) is 4.62. The molecule has 0 aromatic carbocycles. The molecule has 0 aliphatic carbocycles. The van der Waals surface area contributed by atoms with Gasteiger partial charge in [-0.25, -0.2) is 0 Å². The predicted octanol–water partition coefficient (Wildman–Crippen LogP) is -0.276. The van der Waals surface area contributed by atoms with Crippen molar-refractivity contribution in [2.75, 3.05) is 19.3 Å². The van der Waals surface area contributed by atoms with Crippen LogP contribution in [-0.2, 0) is 10.8 Å². The lowest BCUT2D eigenvalue weighted by Gasteiger charge is -2.10. The fraction of sp³-hybridized carbons (Fsp3) is 1.00. The number of aliphatic hydroxyl groups excluding tert-OH is 1. The van der Waals surface area contributed by atoms with Gasteiger partial charge in [-0.1, -0.05) is 0 Å². The van der Waals surface area contributed by atoms with Crippen LogP contribution in [0.1, 0.15) is 13.8 Å². The zero-order chi connectivity index (χ0) is 8.85.